The molecule has 0 fully saturated rings. The zero-order chi connectivity index (χ0) is 11.6. The molecule has 3 heteroatoms. The smallest absolute Gasteiger partial charge is 0.309 e. The number of hydrogen-bond donors (Lipinski definition) is 1. The van der Waals surface area contributed by atoms with Crippen LogP contribution in [0, 0.1) is 12.3 Å². The summed E-state index contributed by atoms with van der Waals surface area (Å²) in [6.45, 7) is 5.49. The highest BCUT2D eigenvalue weighted by atomic mass is 79.9. The van der Waals surface area contributed by atoms with E-state index in [1.54, 1.807) is 13.8 Å². The largest absolute Gasteiger partial charge is 0.481 e. The monoisotopic (exact) mass is 270 g/mol. The summed E-state index contributed by atoms with van der Waals surface area (Å²) < 4.78 is 1.03. The molecule has 0 spiro atoms. The molecule has 0 aliphatic heterocycles. The average Bonchev–Trinajstić information content (AvgIpc) is 2.12. The molecule has 0 bridgehead atoms. The van der Waals surface area contributed by atoms with Gasteiger partial charge in [0.05, 0.1) is 5.41 Å². The van der Waals surface area contributed by atoms with Gasteiger partial charge in [0, 0.05) is 4.47 Å². The Labute approximate surface area is 98.4 Å². The Morgan fingerprint density at radius 1 is 1.47 bits per heavy atom. The van der Waals surface area contributed by atoms with Crippen molar-refractivity contribution in [2.45, 2.75) is 27.2 Å². The molecular formula is C12H15BrO2. The Hall–Kier alpha value is -0.830. The predicted molar refractivity (Wildman–Crippen MR) is 64.0 cm³/mol. The third-order valence-electron chi connectivity index (χ3n) is 2.59. The van der Waals surface area contributed by atoms with E-state index in [9.17, 15) is 4.79 Å². The number of carbonyl (C=O) groups is 1. The molecule has 1 aromatic rings. The second-order valence-corrected chi connectivity index (χ2v) is 5.24. The van der Waals surface area contributed by atoms with Gasteiger partial charge in [0.2, 0.25) is 0 Å². The summed E-state index contributed by atoms with van der Waals surface area (Å²) in [5.41, 5.74) is 1.48. The molecule has 0 heterocycles. The molecule has 0 atom stereocenters. The number of hydrogen-bond acceptors (Lipinski definition) is 1. The standard InChI is InChI=1S/C12H15BrO2/c1-8-9(5-4-6-10(8)13)7-12(2,3)11(14)15/h4-6H,7H2,1-3H3,(H,14,15). The normalized spacial score (nSPS) is 11.5. The molecule has 0 aromatic heterocycles. The number of benzene rings is 1. The predicted octanol–water partition coefficient (Wildman–Crippen LogP) is 3.41. The van der Waals surface area contributed by atoms with Gasteiger partial charge in [-0.25, -0.2) is 0 Å². The first kappa shape index (κ1) is 12.2. The first-order valence-corrected chi connectivity index (χ1v) is 5.61. The quantitative estimate of drug-likeness (QED) is 0.914. The Balaban J connectivity index is 3.00. The molecule has 0 saturated heterocycles. The van der Waals surface area contributed by atoms with Crippen LogP contribution in [0.1, 0.15) is 25.0 Å². The van der Waals surface area contributed by atoms with E-state index in [1.807, 2.05) is 25.1 Å². The van der Waals surface area contributed by atoms with Crippen LogP contribution in [-0.2, 0) is 11.2 Å². The maximum absolute atomic E-state index is 11.0. The first-order chi connectivity index (χ1) is 6.84. The number of rotatable bonds is 3. The van der Waals surface area contributed by atoms with E-state index in [2.05, 4.69) is 15.9 Å². The van der Waals surface area contributed by atoms with Gasteiger partial charge < -0.3 is 5.11 Å². The van der Waals surface area contributed by atoms with Gasteiger partial charge in [-0.05, 0) is 44.4 Å². The molecule has 0 unspecified atom stereocenters. The molecule has 2 nitrogen and oxygen atoms in total. The number of halogens is 1. The molecule has 0 saturated carbocycles. The highest BCUT2D eigenvalue weighted by Gasteiger charge is 2.27. The van der Waals surface area contributed by atoms with E-state index in [4.69, 9.17) is 5.11 Å². The number of carboxylic acids is 1. The molecule has 0 radical (unpaired) electrons. The zero-order valence-electron chi connectivity index (χ0n) is 9.17. The Kier molecular flexibility index (Phi) is 3.55. The topological polar surface area (TPSA) is 37.3 Å². The van der Waals surface area contributed by atoms with E-state index in [-0.39, 0.29) is 0 Å². The number of aliphatic carboxylic acids is 1. The molecule has 0 aliphatic rings. The summed E-state index contributed by atoms with van der Waals surface area (Å²) in [4.78, 5) is 11.0. The van der Waals surface area contributed by atoms with Crippen molar-refractivity contribution in [2.24, 2.45) is 5.41 Å². The van der Waals surface area contributed by atoms with Crippen LogP contribution < -0.4 is 0 Å². The first-order valence-electron chi connectivity index (χ1n) is 4.82. The Morgan fingerprint density at radius 3 is 2.60 bits per heavy atom. The van der Waals surface area contributed by atoms with E-state index in [0.717, 1.165) is 15.6 Å². The fraction of sp³-hybridized carbons (Fsp3) is 0.417. The van der Waals surface area contributed by atoms with Crippen LogP contribution in [0.15, 0.2) is 22.7 Å². The minimum Gasteiger partial charge on any atom is -0.481 e. The molecule has 82 valence electrons. The molecule has 15 heavy (non-hydrogen) atoms. The summed E-state index contributed by atoms with van der Waals surface area (Å²) in [6.07, 6.45) is 0.549. The molecule has 0 aliphatic carbocycles. The fourth-order valence-corrected chi connectivity index (χ4v) is 1.80. The van der Waals surface area contributed by atoms with Crippen molar-refractivity contribution in [1.29, 1.82) is 0 Å². The van der Waals surface area contributed by atoms with E-state index < -0.39 is 11.4 Å². The maximum atomic E-state index is 11.0. The van der Waals surface area contributed by atoms with Crippen molar-refractivity contribution in [3.05, 3.63) is 33.8 Å². The summed E-state index contributed by atoms with van der Waals surface area (Å²) in [7, 11) is 0. The van der Waals surface area contributed by atoms with Gasteiger partial charge in [-0.1, -0.05) is 28.1 Å². The van der Waals surface area contributed by atoms with Crippen LogP contribution in [0.5, 0.6) is 0 Å². The number of carboxylic acid groups (broad SMARTS) is 1. The van der Waals surface area contributed by atoms with Gasteiger partial charge in [0.15, 0.2) is 0 Å². The zero-order valence-corrected chi connectivity index (χ0v) is 10.8. The molecule has 1 aromatic carbocycles. The lowest BCUT2D eigenvalue weighted by atomic mass is 9.84. The summed E-state index contributed by atoms with van der Waals surface area (Å²) >= 11 is 3.44. The van der Waals surface area contributed by atoms with Crippen molar-refractivity contribution in [1.82, 2.24) is 0 Å². The highest BCUT2D eigenvalue weighted by molar-refractivity contribution is 9.10. The third-order valence-corrected chi connectivity index (χ3v) is 3.45. The molecular weight excluding hydrogens is 256 g/mol. The van der Waals surface area contributed by atoms with Crippen molar-refractivity contribution in [3.8, 4) is 0 Å². The Morgan fingerprint density at radius 2 is 2.07 bits per heavy atom. The lowest BCUT2D eigenvalue weighted by Gasteiger charge is -2.20. The summed E-state index contributed by atoms with van der Waals surface area (Å²) in [5.74, 6) is -0.762. The van der Waals surface area contributed by atoms with Crippen molar-refractivity contribution >= 4 is 21.9 Å². The van der Waals surface area contributed by atoms with Crippen LogP contribution >= 0.6 is 15.9 Å². The van der Waals surface area contributed by atoms with Crippen LogP contribution in [0.25, 0.3) is 0 Å². The molecule has 1 rings (SSSR count). The third kappa shape index (κ3) is 2.81. The lowest BCUT2D eigenvalue weighted by Crippen LogP contribution is -2.26. The average molecular weight is 271 g/mol. The van der Waals surface area contributed by atoms with Gasteiger partial charge >= 0.3 is 5.97 Å². The molecule has 1 N–H and O–H groups in total. The van der Waals surface area contributed by atoms with E-state index in [0.29, 0.717) is 6.42 Å². The van der Waals surface area contributed by atoms with Crippen molar-refractivity contribution < 1.29 is 9.90 Å². The second-order valence-electron chi connectivity index (χ2n) is 4.39. The minimum atomic E-state index is -0.762. The van der Waals surface area contributed by atoms with Crippen molar-refractivity contribution in [2.75, 3.05) is 0 Å². The summed E-state index contributed by atoms with van der Waals surface area (Å²) in [5, 5.41) is 9.05. The SMILES string of the molecule is Cc1c(Br)cccc1CC(C)(C)C(=O)O. The maximum Gasteiger partial charge on any atom is 0.309 e. The van der Waals surface area contributed by atoms with E-state index in [1.165, 1.54) is 0 Å². The van der Waals surface area contributed by atoms with Crippen LogP contribution in [0.3, 0.4) is 0 Å². The summed E-state index contributed by atoms with van der Waals surface area (Å²) in [6, 6.07) is 5.88. The van der Waals surface area contributed by atoms with Gasteiger partial charge in [-0.15, -0.1) is 0 Å². The minimum absolute atomic E-state index is 0.549. The highest BCUT2D eigenvalue weighted by Crippen LogP contribution is 2.27. The van der Waals surface area contributed by atoms with Crippen LogP contribution in [0.2, 0.25) is 0 Å². The molecule has 0 amide bonds. The van der Waals surface area contributed by atoms with Crippen LogP contribution in [0.4, 0.5) is 0 Å². The Bertz CT molecular complexity index is 383. The van der Waals surface area contributed by atoms with E-state index >= 15 is 0 Å². The van der Waals surface area contributed by atoms with Gasteiger partial charge in [-0.2, -0.15) is 0 Å². The lowest BCUT2D eigenvalue weighted by molar-refractivity contribution is -0.146. The van der Waals surface area contributed by atoms with Crippen molar-refractivity contribution in [3.63, 3.8) is 0 Å². The second kappa shape index (κ2) is 4.35. The fourth-order valence-electron chi connectivity index (χ4n) is 1.40. The van der Waals surface area contributed by atoms with Gasteiger partial charge in [0.1, 0.15) is 0 Å². The van der Waals surface area contributed by atoms with Gasteiger partial charge in [-0.3, -0.25) is 4.79 Å². The van der Waals surface area contributed by atoms with Gasteiger partial charge in [0.25, 0.3) is 0 Å². The van der Waals surface area contributed by atoms with Crippen LogP contribution in [-0.4, -0.2) is 11.1 Å².